The van der Waals surface area contributed by atoms with E-state index in [1.165, 1.54) is 32.1 Å². The van der Waals surface area contributed by atoms with Gasteiger partial charge in [0.05, 0.1) is 13.4 Å². The minimum atomic E-state index is -0.509. The summed E-state index contributed by atoms with van der Waals surface area (Å²) in [7, 11) is 3.75. The zero-order valence-corrected chi connectivity index (χ0v) is 19.1. The first kappa shape index (κ1) is 23.6. The van der Waals surface area contributed by atoms with Gasteiger partial charge in [-0.2, -0.15) is 0 Å². The summed E-state index contributed by atoms with van der Waals surface area (Å²) < 4.78 is 13.5. The first-order valence-corrected chi connectivity index (χ1v) is 11.5. The van der Waals surface area contributed by atoms with Crippen molar-refractivity contribution in [2.75, 3.05) is 46.9 Å². The van der Waals surface area contributed by atoms with Gasteiger partial charge in [-0.3, -0.25) is 0 Å². The van der Waals surface area contributed by atoms with Gasteiger partial charge in [0.1, 0.15) is 12.7 Å². The molecule has 1 unspecified atom stereocenters. The van der Waals surface area contributed by atoms with Crippen molar-refractivity contribution in [1.29, 1.82) is 0 Å². The van der Waals surface area contributed by atoms with E-state index in [1.807, 2.05) is 24.7 Å². The second-order valence-electron chi connectivity index (χ2n) is 8.56. The maximum atomic E-state index is 10.5. The maximum absolute atomic E-state index is 10.5. The van der Waals surface area contributed by atoms with Gasteiger partial charge in [0, 0.05) is 38.6 Å². The monoisotopic (exact) mass is 430 g/mol. The molecule has 1 aromatic carbocycles. The molecule has 7 heteroatoms. The topological polar surface area (TPSA) is 63.0 Å². The van der Waals surface area contributed by atoms with Crippen LogP contribution in [-0.4, -0.2) is 77.5 Å². The van der Waals surface area contributed by atoms with E-state index in [0.717, 1.165) is 38.3 Å². The molecule has 1 atom stereocenters. The van der Waals surface area contributed by atoms with Crippen molar-refractivity contribution < 1.29 is 14.6 Å². The molecule has 2 heterocycles. The van der Waals surface area contributed by atoms with Gasteiger partial charge >= 0.3 is 0 Å². The molecule has 0 saturated carbocycles. The Morgan fingerprint density at radius 2 is 1.90 bits per heavy atom. The first-order valence-electron chi connectivity index (χ1n) is 11.5. The van der Waals surface area contributed by atoms with Gasteiger partial charge in [0.25, 0.3) is 0 Å². The standard InChI is InChI=1S/C24H38N4O3/c1-26(14-15-28-13-10-25-20-28)17-21-8-9-23(30-2)24(16-21)31-19-22(29)18-27-11-6-4-3-5-7-12-27/h8-10,13,16,20,22,29H,3-7,11-12,14-15,17-19H2,1-2H3. The third-order valence-electron chi connectivity index (χ3n) is 5.83. The molecule has 1 aliphatic rings. The van der Waals surface area contributed by atoms with Crippen LogP contribution in [0.5, 0.6) is 11.5 Å². The number of nitrogens with zero attached hydrogens (tertiary/aromatic N) is 4. The molecule has 0 spiro atoms. The largest absolute Gasteiger partial charge is 0.493 e. The predicted molar refractivity (Wildman–Crippen MR) is 123 cm³/mol. The van der Waals surface area contributed by atoms with Crippen LogP contribution in [0.15, 0.2) is 36.9 Å². The quantitative estimate of drug-likeness (QED) is 0.591. The highest BCUT2D eigenvalue weighted by Crippen LogP contribution is 2.28. The molecule has 0 aliphatic carbocycles. The van der Waals surface area contributed by atoms with Crippen molar-refractivity contribution in [2.45, 2.75) is 51.3 Å². The highest BCUT2D eigenvalue weighted by molar-refractivity contribution is 5.43. The Morgan fingerprint density at radius 3 is 2.61 bits per heavy atom. The lowest BCUT2D eigenvalue weighted by Crippen LogP contribution is -2.37. The third kappa shape index (κ3) is 8.16. The number of benzene rings is 1. The van der Waals surface area contributed by atoms with Crippen molar-refractivity contribution in [3.63, 3.8) is 0 Å². The summed E-state index contributed by atoms with van der Waals surface area (Å²) in [6.45, 7) is 5.71. The third-order valence-corrected chi connectivity index (χ3v) is 5.83. The lowest BCUT2D eigenvalue weighted by atomic mass is 10.1. The van der Waals surface area contributed by atoms with Crippen LogP contribution in [0.2, 0.25) is 0 Å². The summed E-state index contributed by atoms with van der Waals surface area (Å²) in [4.78, 5) is 8.72. The van der Waals surface area contributed by atoms with Gasteiger partial charge in [-0.25, -0.2) is 4.98 Å². The van der Waals surface area contributed by atoms with E-state index in [1.54, 1.807) is 13.3 Å². The highest BCUT2D eigenvalue weighted by atomic mass is 16.5. The Bertz CT molecular complexity index is 745. The first-order chi connectivity index (χ1) is 15.1. The summed E-state index contributed by atoms with van der Waals surface area (Å²) in [6, 6.07) is 6.03. The van der Waals surface area contributed by atoms with Gasteiger partial charge < -0.3 is 28.9 Å². The molecule has 7 nitrogen and oxygen atoms in total. The normalized spacial score (nSPS) is 16.6. The second-order valence-corrected chi connectivity index (χ2v) is 8.56. The predicted octanol–water partition coefficient (Wildman–Crippen LogP) is 3.03. The van der Waals surface area contributed by atoms with Gasteiger partial charge in [-0.15, -0.1) is 0 Å². The number of β-amino-alcohol motifs (C(OH)–C–C–N with tert-alkyl or cyclic N) is 1. The van der Waals surface area contributed by atoms with Crippen LogP contribution >= 0.6 is 0 Å². The van der Waals surface area contributed by atoms with E-state index in [0.29, 0.717) is 18.0 Å². The molecule has 31 heavy (non-hydrogen) atoms. The SMILES string of the molecule is COc1ccc(CN(C)CCn2ccnc2)cc1OCC(O)CN1CCCCCCC1. The Labute approximate surface area is 186 Å². The number of ether oxygens (including phenoxy) is 2. The zero-order valence-electron chi connectivity index (χ0n) is 19.1. The molecule has 0 radical (unpaired) electrons. The minimum absolute atomic E-state index is 0.271. The van der Waals surface area contributed by atoms with E-state index < -0.39 is 6.10 Å². The van der Waals surface area contributed by atoms with Gasteiger partial charge in [0.15, 0.2) is 11.5 Å². The Kier molecular flexibility index (Phi) is 9.65. The van der Waals surface area contributed by atoms with E-state index >= 15 is 0 Å². The van der Waals surface area contributed by atoms with Gasteiger partial charge in [0.2, 0.25) is 0 Å². The van der Waals surface area contributed by atoms with Crippen LogP contribution in [0.3, 0.4) is 0 Å². The summed E-state index contributed by atoms with van der Waals surface area (Å²) in [5.74, 6) is 1.39. The molecule has 1 aromatic heterocycles. The number of hydrogen-bond donors (Lipinski definition) is 1. The summed E-state index contributed by atoms with van der Waals surface area (Å²) in [5.41, 5.74) is 1.15. The number of imidazole rings is 1. The van der Waals surface area contributed by atoms with E-state index in [4.69, 9.17) is 9.47 Å². The number of aromatic nitrogens is 2. The molecular formula is C24H38N4O3. The van der Waals surface area contributed by atoms with Crippen molar-refractivity contribution in [2.24, 2.45) is 0 Å². The molecule has 172 valence electrons. The van der Waals surface area contributed by atoms with Crippen molar-refractivity contribution >= 4 is 0 Å². The number of likely N-dealkylation sites (N-methyl/N-ethyl adjacent to an activating group) is 1. The molecule has 0 bridgehead atoms. The lowest BCUT2D eigenvalue weighted by molar-refractivity contribution is 0.0644. The molecule has 3 rings (SSSR count). The number of likely N-dealkylation sites (tertiary alicyclic amines) is 1. The number of methoxy groups -OCH3 is 1. The highest BCUT2D eigenvalue weighted by Gasteiger charge is 2.15. The average molecular weight is 431 g/mol. The lowest BCUT2D eigenvalue weighted by Gasteiger charge is -2.27. The molecule has 1 N–H and O–H groups in total. The average Bonchev–Trinajstić information content (AvgIpc) is 3.26. The molecule has 1 saturated heterocycles. The van der Waals surface area contributed by atoms with Crippen molar-refractivity contribution in [3.8, 4) is 11.5 Å². The van der Waals surface area contributed by atoms with Crippen LogP contribution in [0.4, 0.5) is 0 Å². The second kappa shape index (κ2) is 12.7. The molecule has 0 amide bonds. The van der Waals surface area contributed by atoms with Crippen molar-refractivity contribution in [3.05, 3.63) is 42.5 Å². The molecule has 1 fully saturated rings. The van der Waals surface area contributed by atoms with Crippen LogP contribution in [-0.2, 0) is 13.1 Å². The Balaban J connectivity index is 1.49. The number of rotatable bonds is 11. The zero-order chi connectivity index (χ0) is 21.9. The van der Waals surface area contributed by atoms with E-state index in [-0.39, 0.29) is 6.61 Å². The Hall–Kier alpha value is -2.09. The fraction of sp³-hybridized carbons (Fsp3) is 0.625. The number of aliphatic hydroxyl groups is 1. The summed E-state index contributed by atoms with van der Waals surface area (Å²) >= 11 is 0. The van der Waals surface area contributed by atoms with Crippen LogP contribution in [0, 0.1) is 0 Å². The fourth-order valence-corrected chi connectivity index (χ4v) is 4.06. The van der Waals surface area contributed by atoms with Crippen molar-refractivity contribution in [1.82, 2.24) is 19.4 Å². The van der Waals surface area contributed by atoms with Crippen LogP contribution in [0.1, 0.15) is 37.7 Å². The fourth-order valence-electron chi connectivity index (χ4n) is 4.06. The number of aliphatic hydroxyl groups excluding tert-OH is 1. The summed E-state index contributed by atoms with van der Waals surface area (Å²) in [6.07, 6.45) is 11.5. The van der Waals surface area contributed by atoms with E-state index in [9.17, 15) is 5.11 Å². The molecule has 2 aromatic rings. The Morgan fingerprint density at radius 1 is 1.13 bits per heavy atom. The number of hydrogen-bond acceptors (Lipinski definition) is 6. The minimum Gasteiger partial charge on any atom is -0.493 e. The van der Waals surface area contributed by atoms with Crippen LogP contribution in [0.25, 0.3) is 0 Å². The smallest absolute Gasteiger partial charge is 0.161 e. The van der Waals surface area contributed by atoms with E-state index in [2.05, 4.69) is 32.5 Å². The van der Waals surface area contributed by atoms with Gasteiger partial charge in [-0.1, -0.05) is 25.3 Å². The van der Waals surface area contributed by atoms with Crippen LogP contribution < -0.4 is 9.47 Å². The maximum Gasteiger partial charge on any atom is 0.161 e. The summed E-state index contributed by atoms with van der Waals surface area (Å²) in [5, 5.41) is 10.5. The van der Waals surface area contributed by atoms with Gasteiger partial charge in [-0.05, 0) is 50.7 Å². The molecular weight excluding hydrogens is 392 g/mol. The molecule has 1 aliphatic heterocycles.